The summed E-state index contributed by atoms with van der Waals surface area (Å²) in [5.74, 6) is -0.342. The van der Waals surface area contributed by atoms with Crippen LogP contribution in [0, 0.1) is 0 Å². The Morgan fingerprint density at radius 1 is 0.429 bits per heavy atom. The van der Waals surface area contributed by atoms with Crippen LogP contribution in [0.2, 0.25) is 0 Å². The number of aliphatic imine (C=N–C) groups is 1. The number of H-pyrrole nitrogens is 3. The molecular formula is C50H36N4O2. The number of amides is 1. The molecule has 3 N–H and O–H groups in total. The minimum atomic E-state index is -0.855. The maximum atomic E-state index is 13.8. The molecule has 9 rings (SSSR count). The van der Waals surface area contributed by atoms with Gasteiger partial charge in [-0.3, -0.25) is 9.59 Å². The number of allylic oxidation sites excluding steroid dienone is 1. The van der Waals surface area contributed by atoms with E-state index in [0.717, 1.165) is 61.2 Å². The Morgan fingerprint density at radius 3 is 1.39 bits per heavy atom. The molecule has 0 aliphatic carbocycles. The van der Waals surface area contributed by atoms with E-state index < -0.39 is 5.41 Å². The molecule has 4 heterocycles. The minimum absolute atomic E-state index is 0.0728. The lowest BCUT2D eigenvalue weighted by molar-refractivity contribution is -0.113. The first kappa shape index (κ1) is 34.2. The number of hydrogen-bond donors (Lipinski definition) is 3. The van der Waals surface area contributed by atoms with Gasteiger partial charge in [0.15, 0.2) is 0 Å². The van der Waals surface area contributed by atoms with E-state index in [1.165, 1.54) is 6.08 Å². The van der Waals surface area contributed by atoms with Crippen LogP contribution in [0.5, 0.6) is 0 Å². The molecular weight excluding hydrogens is 689 g/mol. The Bertz CT molecular complexity index is 2820. The summed E-state index contributed by atoms with van der Waals surface area (Å²) in [6.45, 7) is 0. The monoisotopic (exact) mass is 724 g/mol. The van der Waals surface area contributed by atoms with E-state index in [1.807, 2.05) is 109 Å². The number of ketones is 1. The fourth-order valence-electron chi connectivity index (χ4n) is 7.84. The summed E-state index contributed by atoms with van der Waals surface area (Å²) >= 11 is 0. The molecule has 6 heteroatoms. The molecule has 1 aliphatic heterocycles. The van der Waals surface area contributed by atoms with Gasteiger partial charge in [0.05, 0.1) is 11.4 Å². The van der Waals surface area contributed by atoms with Crippen molar-refractivity contribution in [2.75, 3.05) is 0 Å². The maximum absolute atomic E-state index is 13.8. The summed E-state index contributed by atoms with van der Waals surface area (Å²) in [4.78, 5) is 41.6. The second-order valence-corrected chi connectivity index (χ2v) is 13.7. The first-order valence-electron chi connectivity index (χ1n) is 18.6. The zero-order chi connectivity index (χ0) is 37.9. The van der Waals surface area contributed by atoms with E-state index in [0.29, 0.717) is 17.0 Å². The Hall–Kier alpha value is -7.57. The van der Waals surface area contributed by atoms with Crippen LogP contribution in [0.15, 0.2) is 205 Å². The number of carbonyl (C=O) groups excluding carboxylic acids is 2. The van der Waals surface area contributed by atoms with E-state index in [1.54, 1.807) is 6.08 Å². The van der Waals surface area contributed by atoms with Gasteiger partial charge in [0.2, 0.25) is 5.78 Å². The van der Waals surface area contributed by atoms with Crippen LogP contribution in [0.4, 0.5) is 0 Å². The highest BCUT2D eigenvalue weighted by atomic mass is 16.1. The molecule has 3 aromatic heterocycles. The molecule has 6 nitrogen and oxygen atoms in total. The average molecular weight is 725 g/mol. The van der Waals surface area contributed by atoms with Crippen LogP contribution in [-0.2, 0) is 10.2 Å². The van der Waals surface area contributed by atoms with Crippen molar-refractivity contribution < 1.29 is 9.59 Å². The molecule has 0 fully saturated rings. The summed E-state index contributed by atoms with van der Waals surface area (Å²) in [7, 11) is 0. The number of rotatable bonds is 10. The number of benzene rings is 5. The zero-order valence-electron chi connectivity index (χ0n) is 30.3. The second-order valence-electron chi connectivity index (χ2n) is 13.7. The lowest BCUT2D eigenvalue weighted by atomic mass is 9.69. The van der Waals surface area contributed by atoms with Crippen LogP contribution in [0.25, 0.3) is 11.1 Å². The molecule has 0 saturated carbocycles. The van der Waals surface area contributed by atoms with Gasteiger partial charge >= 0.3 is 0 Å². The number of nitrogens with zero attached hydrogens (tertiary/aromatic N) is 1. The van der Waals surface area contributed by atoms with Gasteiger partial charge in [-0.05, 0) is 64.7 Å². The highest BCUT2D eigenvalue weighted by Gasteiger charge is 2.41. The molecule has 268 valence electrons. The standard InChI is InChI=1S/C50H36N4O2/c55-46-33-30-42(54-46)48(35-18-8-2-9-19-35)40-27-26-39(51-40)47(34-16-6-1-7-17-34)41-28-31-44(52-41)50(37-22-12-4-13-23-37,38-24-14-5-15-25-38)45-32-29-43(53-45)49(56)36-20-10-3-11-21-36/h1-33,51-53H/b47-39+,48-40-. The fraction of sp³-hybridized carbons (Fsp3) is 0.0200. The van der Waals surface area contributed by atoms with Gasteiger partial charge in [-0.15, -0.1) is 0 Å². The number of aromatic nitrogens is 3. The summed E-state index contributed by atoms with van der Waals surface area (Å²) < 4.78 is 0. The molecule has 0 saturated heterocycles. The zero-order valence-corrected chi connectivity index (χ0v) is 30.3. The van der Waals surface area contributed by atoms with Crippen LogP contribution in [0.3, 0.4) is 0 Å². The summed E-state index contributed by atoms with van der Waals surface area (Å²) in [6, 6.07) is 62.8. The average Bonchev–Trinajstić information content (AvgIpc) is 4.11. The first-order chi connectivity index (χ1) is 27.6. The highest BCUT2D eigenvalue weighted by Crippen LogP contribution is 2.45. The van der Waals surface area contributed by atoms with Crippen molar-refractivity contribution in [3.05, 3.63) is 262 Å². The van der Waals surface area contributed by atoms with Gasteiger partial charge in [-0.25, -0.2) is 4.99 Å². The molecule has 0 unspecified atom stereocenters. The Balaban J connectivity index is 1.28. The van der Waals surface area contributed by atoms with Gasteiger partial charge in [0.25, 0.3) is 5.91 Å². The van der Waals surface area contributed by atoms with Crippen molar-refractivity contribution in [2.24, 2.45) is 4.99 Å². The first-order valence-corrected chi connectivity index (χ1v) is 18.6. The number of hydrogen-bond acceptors (Lipinski definition) is 2. The molecule has 0 spiro atoms. The van der Waals surface area contributed by atoms with Gasteiger partial charge in [0.1, 0.15) is 5.41 Å². The van der Waals surface area contributed by atoms with E-state index in [4.69, 9.17) is 0 Å². The Morgan fingerprint density at radius 2 is 0.875 bits per heavy atom. The highest BCUT2D eigenvalue weighted by molar-refractivity contribution is 6.34. The van der Waals surface area contributed by atoms with Gasteiger partial charge < -0.3 is 15.0 Å². The predicted molar refractivity (Wildman–Crippen MR) is 222 cm³/mol. The van der Waals surface area contributed by atoms with Crippen molar-refractivity contribution >= 4 is 28.5 Å². The van der Waals surface area contributed by atoms with Gasteiger partial charge in [-0.1, -0.05) is 152 Å². The lowest BCUT2D eigenvalue weighted by Gasteiger charge is -2.34. The van der Waals surface area contributed by atoms with Crippen LogP contribution in [-0.4, -0.2) is 32.4 Å². The number of nitrogens with one attached hydrogen (secondary N) is 3. The SMILES string of the molecule is O=C1C=CC(/C(c2ccccc2)=c2/cc/c(=C(/c3ccccc3)c3ccc(C(c4ccccc4)(c4ccccc4)c4ccc(C(=O)c5ccccc5)[nH]4)[nH]3)[nH]2)=N1. The van der Waals surface area contributed by atoms with E-state index in [-0.39, 0.29) is 11.7 Å². The number of carbonyl (C=O) groups is 2. The summed E-state index contributed by atoms with van der Waals surface area (Å²) in [5.41, 5.74) is 9.42. The van der Waals surface area contributed by atoms with Crippen LogP contribution in [0.1, 0.15) is 55.4 Å². The van der Waals surface area contributed by atoms with Crippen molar-refractivity contribution in [2.45, 2.75) is 5.41 Å². The minimum Gasteiger partial charge on any atom is -0.357 e. The van der Waals surface area contributed by atoms with Crippen molar-refractivity contribution in [3.8, 4) is 0 Å². The van der Waals surface area contributed by atoms with E-state index in [2.05, 4.69) is 98.8 Å². The molecule has 0 radical (unpaired) electrons. The molecule has 56 heavy (non-hydrogen) atoms. The predicted octanol–water partition coefficient (Wildman–Crippen LogP) is 8.27. The van der Waals surface area contributed by atoms with Crippen LogP contribution >= 0.6 is 0 Å². The number of aromatic amines is 3. The lowest BCUT2D eigenvalue weighted by Crippen LogP contribution is -2.32. The van der Waals surface area contributed by atoms with Crippen molar-refractivity contribution in [1.29, 1.82) is 0 Å². The fourth-order valence-corrected chi connectivity index (χ4v) is 7.84. The van der Waals surface area contributed by atoms with Gasteiger partial charge in [0, 0.05) is 50.6 Å². The normalized spacial score (nSPS) is 13.7. The summed E-state index contributed by atoms with van der Waals surface area (Å²) in [5, 5.41) is 1.73. The topological polar surface area (TPSA) is 93.9 Å². The Kier molecular flexibility index (Phi) is 8.97. The molecule has 1 aliphatic rings. The third-order valence-corrected chi connectivity index (χ3v) is 10.4. The van der Waals surface area contributed by atoms with Crippen molar-refractivity contribution in [3.63, 3.8) is 0 Å². The summed E-state index contributed by atoms with van der Waals surface area (Å²) in [6.07, 6.45) is 3.27. The maximum Gasteiger partial charge on any atom is 0.270 e. The van der Waals surface area contributed by atoms with Crippen LogP contribution < -0.4 is 10.7 Å². The van der Waals surface area contributed by atoms with Gasteiger partial charge in [-0.2, -0.15) is 0 Å². The third kappa shape index (κ3) is 6.19. The molecule has 0 atom stereocenters. The Labute approximate surface area is 324 Å². The smallest absolute Gasteiger partial charge is 0.270 e. The van der Waals surface area contributed by atoms with E-state index in [9.17, 15) is 9.59 Å². The quantitative estimate of drug-likeness (QED) is 0.124. The second kappa shape index (κ2) is 14.7. The van der Waals surface area contributed by atoms with Crippen molar-refractivity contribution in [1.82, 2.24) is 15.0 Å². The largest absolute Gasteiger partial charge is 0.357 e. The third-order valence-electron chi connectivity index (χ3n) is 10.4. The van der Waals surface area contributed by atoms with E-state index >= 15 is 0 Å². The molecule has 1 amide bonds. The molecule has 0 bridgehead atoms. The molecule has 8 aromatic rings. The molecule has 5 aromatic carbocycles.